The second kappa shape index (κ2) is 3.29. The third-order valence-electron chi connectivity index (χ3n) is 2.50. The monoisotopic (exact) mass is 185 g/mol. The minimum atomic E-state index is -0.266. The molecule has 1 amide bonds. The SMILES string of the molecule is CC(C)(C)CCNC(=O)C1([NH3+])CC1. The van der Waals surface area contributed by atoms with Crippen LogP contribution < -0.4 is 11.1 Å². The first-order valence-corrected chi connectivity index (χ1v) is 4.97. The fraction of sp³-hybridized carbons (Fsp3) is 0.900. The third kappa shape index (κ3) is 3.35. The summed E-state index contributed by atoms with van der Waals surface area (Å²) in [5.74, 6) is 0.136. The van der Waals surface area contributed by atoms with Crippen molar-refractivity contribution in [2.24, 2.45) is 5.41 Å². The molecular weight excluding hydrogens is 164 g/mol. The summed E-state index contributed by atoms with van der Waals surface area (Å²) >= 11 is 0. The fourth-order valence-corrected chi connectivity index (χ4v) is 1.12. The highest BCUT2D eigenvalue weighted by Crippen LogP contribution is 2.29. The summed E-state index contributed by atoms with van der Waals surface area (Å²) in [4.78, 5) is 11.4. The molecule has 1 saturated carbocycles. The van der Waals surface area contributed by atoms with Gasteiger partial charge >= 0.3 is 0 Å². The lowest BCUT2D eigenvalue weighted by atomic mass is 9.92. The maximum absolute atomic E-state index is 11.4. The van der Waals surface area contributed by atoms with Crippen molar-refractivity contribution in [1.29, 1.82) is 0 Å². The Morgan fingerprint density at radius 2 is 2.00 bits per heavy atom. The van der Waals surface area contributed by atoms with Gasteiger partial charge in [-0.05, 0) is 11.8 Å². The van der Waals surface area contributed by atoms with Gasteiger partial charge in [0.25, 0.3) is 5.91 Å². The summed E-state index contributed by atoms with van der Waals surface area (Å²) in [7, 11) is 0. The van der Waals surface area contributed by atoms with Crippen LogP contribution in [0.15, 0.2) is 0 Å². The predicted octanol–water partition coefficient (Wildman–Crippen LogP) is 0.313. The van der Waals surface area contributed by atoms with E-state index < -0.39 is 0 Å². The average molecular weight is 185 g/mol. The summed E-state index contributed by atoms with van der Waals surface area (Å²) in [5.41, 5.74) is 3.92. The number of quaternary nitrogens is 1. The van der Waals surface area contributed by atoms with Crippen LogP contribution in [0.1, 0.15) is 40.0 Å². The molecule has 1 fully saturated rings. The van der Waals surface area contributed by atoms with Crippen LogP contribution in [-0.4, -0.2) is 18.0 Å². The molecule has 13 heavy (non-hydrogen) atoms. The molecule has 0 aromatic rings. The molecule has 3 nitrogen and oxygen atoms in total. The molecule has 0 heterocycles. The molecule has 0 aliphatic heterocycles. The molecule has 0 radical (unpaired) electrons. The summed E-state index contributed by atoms with van der Waals surface area (Å²) in [6, 6.07) is 0. The number of hydrogen-bond donors (Lipinski definition) is 2. The number of carbonyl (C=O) groups is 1. The van der Waals surface area contributed by atoms with Gasteiger partial charge in [0.15, 0.2) is 5.54 Å². The number of amides is 1. The molecule has 76 valence electrons. The van der Waals surface area contributed by atoms with Crippen LogP contribution in [0.2, 0.25) is 0 Å². The first kappa shape index (κ1) is 10.5. The van der Waals surface area contributed by atoms with Gasteiger partial charge in [0.2, 0.25) is 0 Å². The molecule has 1 aliphatic carbocycles. The Kier molecular flexibility index (Phi) is 2.66. The number of carbonyl (C=O) groups excluding carboxylic acids is 1. The van der Waals surface area contributed by atoms with Crippen LogP contribution in [-0.2, 0) is 4.79 Å². The van der Waals surface area contributed by atoms with Crippen molar-refractivity contribution in [3.63, 3.8) is 0 Å². The molecular formula is C10H21N2O+. The van der Waals surface area contributed by atoms with Crippen molar-refractivity contribution in [2.45, 2.75) is 45.6 Å². The molecule has 0 aromatic heterocycles. The molecule has 0 bridgehead atoms. The van der Waals surface area contributed by atoms with E-state index >= 15 is 0 Å². The van der Waals surface area contributed by atoms with Crippen molar-refractivity contribution in [3.05, 3.63) is 0 Å². The standard InChI is InChI=1S/C10H20N2O/c1-9(2,3)6-7-12-8(13)10(11)4-5-10/h4-7,11H2,1-3H3,(H,12,13)/p+1. The van der Waals surface area contributed by atoms with E-state index in [1.54, 1.807) is 0 Å². The Labute approximate surface area is 80.1 Å². The van der Waals surface area contributed by atoms with Crippen molar-refractivity contribution >= 4 is 5.91 Å². The van der Waals surface area contributed by atoms with Crippen LogP contribution in [0, 0.1) is 5.41 Å². The van der Waals surface area contributed by atoms with E-state index in [4.69, 9.17) is 0 Å². The van der Waals surface area contributed by atoms with Crippen molar-refractivity contribution in [3.8, 4) is 0 Å². The maximum Gasteiger partial charge on any atom is 0.281 e. The Morgan fingerprint density at radius 3 is 2.38 bits per heavy atom. The van der Waals surface area contributed by atoms with Crippen molar-refractivity contribution in [1.82, 2.24) is 5.32 Å². The highest BCUT2D eigenvalue weighted by Gasteiger charge is 2.50. The highest BCUT2D eigenvalue weighted by molar-refractivity contribution is 5.87. The largest absolute Gasteiger partial charge is 0.351 e. The third-order valence-corrected chi connectivity index (χ3v) is 2.50. The normalized spacial score (nSPS) is 19.7. The quantitative estimate of drug-likeness (QED) is 0.653. The second-order valence-corrected chi connectivity index (χ2v) is 5.35. The van der Waals surface area contributed by atoms with Crippen LogP contribution in [0.4, 0.5) is 0 Å². The van der Waals surface area contributed by atoms with Gasteiger partial charge in [-0.3, -0.25) is 4.79 Å². The van der Waals surface area contributed by atoms with E-state index in [0.717, 1.165) is 25.8 Å². The highest BCUT2D eigenvalue weighted by atomic mass is 16.2. The summed E-state index contributed by atoms with van der Waals surface area (Å²) in [6.07, 6.45) is 2.93. The lowest BCUT2D eigenvalue weighted by molar-refractivity contribution is -0.420. The van der Waals surface area contributed by atoms with Gasteiger partial charge in [-0.25, -0.2) is 0 Å². The van der Waals surface area contributed by atoms with E-state index in [9.17, 15) is 4.79 Å². The van der Waals surface area contributed by atoms with Gasteiger partial charge in [0, 0.05) is 19.4 Å². The van der Waals surface area contributed by atoms with Crippen molar-refractivity contribution in [2.75, 3.05) is 6.54 Å². The molecule has 1 aliphatic rings. The Morgan fingerprint density at radius 1 is 1.46 bits per heavy atom. The number of rotatable bonds is 3. The van der Waals surface area contributed by atoms with E-state index in [1.165, 1.54) is 0 Å². The lowest BCUT2D eigenvalue weighted by Crippen LogP contribution is -2.70. The zero-order valence-corrected chi connectivity index (χ0v) is 8.94. The Bertz CT molecular complexity index is 201. The second-order valence-electron chi connectivity index (χ2n) is 5.35. The van der Waals surface area contributed by atoms with E-state index in [0.29, 0.717) is 5.41 Å². The number of hydrogen-bond acceptors (Lipinski definition) is 1. The Balaban J connectivity index is 2.16. The topological polar surface area (TPSA) is 56.7 Å². The minimum absolute atomic E-state index is 0.136. The molecule has 1 rings (SSSR count). The fourth-order valence-electron chi connectivity index (χ4n) is 1.12. The molecule has 0 atom stereocenters. The van der Waals surface area contributed by atoms with E-state index in [1.807, 2.05) is 0 Å². The minimum Gasteiger partial charge on any atom is -0.351 e. The van der Waals surface area contributed by atoms with Gasteiger partial charge in [-0.15, -0.1) is 0 Å². The first-order valence-electron chi connectivity index (χ1n) is 4.97. The van der Waals surface area contributed by atoms with Crippen LogP contribution >= 0.6 is 0 Å². The first-order chi connectivity index (χ1) is 5.83. The van der Waals surface area contributed by atoms with Gasteiger partial charge < -0.3 is 11.1 Å². The van der Waals surface area contributed by atoms with Gasteiger partial charge in [-0.1, -0.05) is 20.8 Å². The smallest absolute Gasteiger partial charge is 0.281 e. The molecule has 0 spiro atoms. The maximum atomic E-state index is 11.4. The summed E-state index contributed by atoms with van der Waals surface area (Å²) < 4.78 is 0. The lowest BCUT2D eigenvalue weighted by Gasteiger charge is -2.18. The molecule has 3 heteroatoms. The average Bonchev–Trinajstić information content (AvgIpc) is 2.66. The summed E-state index contributed by atoms with van der Waals surface area (Å²) in [5, 5.41) is 2.94. The zero-order chi connectivity index (χ0) is 10.1. The molecule has 0 unspecified atom stereocenters. The molecule has 0 saturated heterocycles. The van der Waals surface area contributed by atoms with Gasteiger partial charge in [-0.2, -0.15) is 0 Å². The van der Waals surface area contributed by atoms with Crippen LogP contribution in [0.25, 0.3) is 0 Å². The van der Waals surface area contributed by atoms with Crippen LogP contribution in [0.5, 0.6) is 0 Å². The van der Waals surface area contributed by atoms with E-state index in [-0.39, 0.29) is 11.4 Å². The Hall–Kier alpha value is -0.570. The van der Waals surface area contributed by atoms with Gasteiger partial charge in [0.05, 0.1) is 0 Å². The molecule has 4 N–H and O–H groups in total. The summed E-state index contributed by atoms with van der Waals surface area (Å²) in [6.45, 7) is 7.31. The van der Waals surface area contributed by atoms with Crippen molar-refractivity contribution < 1.29 is 10.5 Å². The van der Waals surface area contributed by atoms with Crippen LogP contribution in [0.3, 0.4) is 0 Å². The molecule has 0 aromatic carbocycles. The van der Waals surface area contributed by atoms with Gasteiger partial charge in [0.1, 0.15) is 0 Å². The predicted molar refractivity (Wildman–Crippen MR) is 51.9 cm³/mol. The zero-order valence-electron chi connectivity index (χ0n) is 8.94. The number of nitrogens with one attached hydrogen (secondary N) is 1. The van der Waals surface area contributed by atoms with E-state index in [2.05, 4.69) is 31.8 Å².